The molecule has 2 fully saturated rings. The van der Waals surface area contributed by atoms with Crippen LogP contribution in [0, 0.1) is 29.1 Å². The Bertz CT molecular complexity index is 205. The van der Waals surface area contributed by atoms with Crippen LogP contribution in [0.4, 0.5) is 0 Å². The quantitative estimate of drug-likeness (QED) is 0.610. The highest BCUT2D eigenvalue weighted by molar-refractivity contribution is 5.12. The van der Waals surface area contributed by atoms with Gasteiger partial charge in [-0.2, -0.15) is 0 Å². The van der Waals surface area contributed by atoms with Crippen molar-refractivity contribution in [2.45, 2.75) is 46.6 Å². The van der Waals surface area contributed by atoms with Crippen LogP contribution in [-0.2, 0) is 0 Å². The molecule has 0 heterocycles. The van der Waals surface area contributed by atoms with E-state index in [0.717, 1.165) is 5.92 Å². The normalized spacial score (nSPS) is 58.6. The first-order valence-electron chi connectivity index (χ1n) is 5.52. The number of rotatable bonds is 0. The third-order valence-corrected chi connectivity index (χ3v) is 5.52. The zero-order valence-corrected chi connectivity index (χ0v) is 9.46. The van der Waals surface area contributed by atoms with E-state index in [1.54, 1.807) is 0 Å². The highest BCUT2D eigenvalue weighted by Crippen LogP contribution is 2.65. The van der Waals surface area contributed by atoms with E-state index < -0.39 is 5.60 Å². The minimum atomic E-state index is -0.403. The first kappa shape index (κ1) is 9.51. The monoisotopic (exact) mass is 182 g/mol. The first-order chi connectivity index (χ1) is 5.79. The van der Waals surface area contributed by atoms with Gasteiger partial charge in [0.1, 0.15) is 0 Å². The van der Waals surface area contributed by atoms with Gasteiger partial charge >= 0.3 is 0 Å². The van der Waals surface area contributed by atoms with Gasteiger partial charge in [-0.1, -0.05) is 27.7 Å². The van der Waals surface area contributed by atoms with E-state index in [1.807, 2.05) is 6.92 Å². The summed E-state index contributed by atoms with van der Waals surface area (Å²) in [6.45, 7) is 11.3. The molecule has 2 rings (SSSR count). The summed E-state index contributed by atoms with van der Waals surface area (Å²) in [5.74, 6) is 2.40. The van der Waals surface area contributed by atoms with Gasteiger partial charge in [0.2, 0.25) is 0 Å². The third kappa shape index (κ3) is 0.918. The van der Waals surface area contributed by atoms with Gasteiger partial charge in [0, 0.05) is 0 Å². The maximum Gasteiger partial charge on any atom is 0.0678 e. The van der Waals surface area contributed by atoms with Gasteiger partial charge in [-0.05, 0) is 42.4 Å². The molecule has 0 aromatic heterocycles. The lowest BCUT2D eigenvalue weighted by Gasteiger charge is -2.47. The van der Waals surface area contributed by atoms with Crippen LogP contribution in [0.1, 0.15) is 41.0 Å². The van der Waals surface area contributed by atoms with Crippen molar-refractivity contribution >= 4 is 0 Å². The van der Waals surface area contributed by atoms with Gasteiger partial charge < -0.3 is 5.11 Å². The van der Waals surface area contributed by atoms with Gasteiger partial charge in [-0.15, -0.1) is 0 Å². The smallest absolute Gasteiger partial charge is 0.0678 e. The molecule has 1 heteroatoms. The molecule has 13 heavy (non-hydrogen) atoms. The number of hydrogen-bond donors (Lipinski definition) is 1. The van der Waals surface area contributed by atoms with Crippen molar-refractivity contribution in [2.75, 3.05) is 0 Å². The molecule has 1 N–H and O–H groups in total. The molecular formula is C12H22O. The zero-order chi connectivity index (χ0) is 10.0. The average molecular weight is 182 g/mol. The fraction of sp³-hybridized carbons (Fsp3) is 1.00. The molecule has 2 bridgehead atoms. The van der Waals surface area contributed by atoms with Crippen LogP contribution in [-0.4, -0.2) is 10.7 Å². The van der Waals surface area contributed by atoms with Gasteiger partial charge in [0.25, 0.3) is 0 Å². The highest BCUT2D eigenvalue weighted by Gasteiger charge is 2.63. The van der Waals surface area contributed by atoms with Crippen molar-refractivity contribution in [3.8, 4) is 0 Å². The van der Waals surface area contributed by atoms with Crippen molar-refractivity contribution in [1.29, 1.82) is 0 Å². The maximum absolute atomic E-state index is 10.4. The van der Waals surface area contributed by atoms with Crippen LogP contribution in [0.5, 0.6) is 0 Å². The molecule has 76 valence electrons. The van der Waals surface area contributed by atoms with Crippen LogP contribution in [0.15, 0.2) is 0 Å². The van der Waals surface area contributed by atoms with Crippen molar-refractivity contribution in [1.82, 2.24) is 0 Å². The molecule has 0 aliphatic heterocycles. The SMILES string of the molecule is C[C@H]1[C@H]2C[C@H]([C@H](C)[C@]2(C)O)C1(C)C. The molecule has 5 atom stereocenters. The van der Waals surface area contributed by atoms with Crippen molar-refractivity contribution in [3.05, 3.63) is 0 Å². The summed E-state index contributed by atoms with van der Waals surface area (Å²) in [5, 5.41) is 10.4. The van der Waals surface area contributed by atoms with Crippen LogP contribution in [0.2, 0.25) is 0 Å². The second-order valence-electron chi connectivity index (χ2n) is 6.07. The Morgan fingerprint density at radius 1 is 1.00 bits per heavy atom. The molecule has 2 aliphatic carbocycles. The maximum atomic E-state index is 10.4. The third-order valence-electron chi connectivity index (χ3n) is 5.52. The minimum absolute atomic E-state index is 0.403. The largest absolute Gasteiger partial charge is 0.390 e. The van der Waals surface area contributed by atoms with E-state index in [-0.39, 0.29) is 0 Å². The van der Waals surface area contributed by atoms with E-state index in [1.165, 1.54) is 6.42 Å². The molecule has 0 spiro atoms. The molecule has 2 aliphatic rings. The Balaban J connectivity index is 2.37. The second-order valence-corrected chi connectivity index (χ2v) is 6.07. The summed E-state index contributed by atoms with van der Waals surface area (Å²) in [4.78, 5) is 0. The molecule has 2 saturated carbocycles. The Morgan fingerprint density at radius 3 is 1.92 bits per heavy atom. The van der Waals surface area contributed by atoms with E-state index in [4.69, 9.17) is 0 Å². The Morgan fingerprint density at radius 2 is 1.54 bits per heavy atom. The summed E-state index contributed by atoms with van der Waals surface area (Å²) in [5.41, 5.74) is 0.0337. The summed E-state index contributed by atoms with van der Waals surface area (Å²) < 4.78 is 0. The lowest BCUT2D eigenvalue weighted by atomic mass is 9.61. The summed E-state index contributed by atoms with van der Waals surface area (Å²) in [6, 6.07) is 0. The van der Waals surface area contributed by atoms with Gasteiger partial charge in [-0.25, -0.2) is 0 Å². The minimum Gasteiger partial charge on any atom is -0.390 e. The molecule has 0 aromatic rings. The molecule has 1 nitrogen and oxygen atoms in total. The van der Waals surface area contributed by atoms with Gasteiger partial charge in [0.05, 0.1) is 5.60 Å². The fourth-order valence-corrected chi connectivity index (χ4v) is 3.98. The molecular weight excluding hydrogens is 160 g/mol. The summed E-state index contributed by atoms with van der Waals surface area (Å²) >= 11 is 0. The van der Waals surface area contributed by atoms with E-state index in [2.05, 4.69) is 27.7 Å². The van der Waals surface area contributed by atoms with Crippen LogP contribution in [0.25, 0.3) is 0 Å². The molecule has 0 radical (unpaired) electrons. The zero-order valence-electron chi connectivity index (χ0n) is 9.46. The fourth-order valence-electron chi connectivity index (χ4n) is 3.98. The topological polar surface area (TPSA) is 20.2 Å². The Labute approximate surface area is 81.5 Å². The second kappa shape index (κ2) is 2.31. The van der Waals surface area contributed by atoms with E-state index >= 15 is 0 Å². The van der Waals surface area contributed by atoms with Crippen LogP contribution < -0.4 is 0 Å². The lowest BCUT2D eigenvalue weighted by molar-refractivity contribution is -0.0943. The van der Waals surface area contributed by atoms with Crippen molar-refractivity contribution < 1.29 is 5.11 Å². The van der Waals surface area contributed by atoms with Crippen LogP contribution >= 0.6 is 0 Å². The van der Waals surface area contributed by atoms with E-state index in [0.29, 0.717) is 23.2 Å². The standard InChI is InChI=1S/C12H22O/c1-7-10-6-9(11(7,3)4)8(2)12(10,5)13/h7-10,13H,6H2,1-5H3/t7-,8-,9+,10+,12-/m0/s1. The predicted molar refractivity (Wildman–Crippen MR) is 54.3 cm³/mol. The Hall–Kier alpha value is -0.0400. The molecule has 0 amide bonds. The first-order valence-corrected chi connectivity index (χ1v) is 5.52. The predicted octanol–water partition coefficient (Wildman–Crippen LogP) is 2.69. The number of aliphatic hydroxyl groups is 1. The van der Waals surface area contributed by atoms with Crippen molar-refractivity contribution in [3.63, 3.8) is 0 Å². The number of hydrogen-bond acceptors (Lipinski definition) is 1. The molecule has 0 unspecified atom stereocenters. The molecule has 0 aromatic carbocycles. The van der Waals surface area contributed by atoms with Gasteiger partial charge in [0.15, 0.2) is 0 Å². The number of fused-ring (bicyclic) bond motifs is 2. The van der Waals surface area contributed by atoms with Crippen LogP contribution in [0.3, 0.4) is 0 Å². The van der Waals surface area contributed by atoms with E-state index in [9.17, 15) is 5.11 Å². The van der Waals surface area contributed by atoms with Crippen molar-refractivity contribution in [2.24, 2.45) is 29.1 Å². The average Bonchev–Trinajstić information content (AvgIpc) is 2.35. The highest BCUT2D eigenvalue weighted by atomic mass is 16.3. The Kier molecular flexibility index (Phi) is 1.69. The van der Waals surface area contributed by atoms with Gasteiger partial charge in [-0.3, -0.25) is 0 Å². The summed E-state index contributed by atoms with van der Waals surface area (Å²) in [7, 11) is 0. The summed E-state index contributed by atoms with van der Waals surface area (Å²) in [6.07, 6.45) is 1.24. The lowest BCUT2D eigenvalue weighted by Crippen LogP contribution is -2.48. The molecule has 0 saturated heterocycles.